The molecule has 0 aromatic carbocycles. The summed E-state index contributed by atoms with van der Waals surface area (Å²) in [7, 11) is 0. The van der Waals surface area contributed by atoms with Crippen molar-refractivity contribution in [2.24, 2.45) is 5.73 Å². The number of carboxylic acids is 1. The number of carbonyl (C=O) groups excluding carboxylic acids is 1. The molecule has 0 heterocycles. The van der Waals surface area contributed by atoms with Gasteiger partial charge in [0.15, 0.2) is 0 Å². The summed E-state index contributed by atoms with van der Waals surface area (Å²) in [5.41, 5.74) is 6.48. The lowest BCUT2D eigenvalue weighted by Gasteiger charge is -2.21. The summed E-state index contributed by atoms with van der Waals surface area (Å²) in [4.78, 5) is 21.9. The second-order valence-electron chi connectivity index (χ2n) is 4.59. The summed E-state index contributed by atoms with van der Waals surface area (Å²) in [6, 6.07) is -1.58. The van der Waals surface area contributed by atoms with Crippen molar-refractivity contribution in [1.29, 1.82) is 0 Å². The highest BCUT2D eigenvalue weighted by molar-refractivity contribution is 5.86. The molecule has 6 heteroatoms. The Kier molecular flexibility index (Phi) is 7.23. The van der Waals surface area contributed by atoms with E-state index < -0.39 is 36.5 Å². The zero-order chi connectivity index (χ0) is 14.3. The lowest BCUT2D eigenvalue weighted by atomic mass is 10.1. The maximum Gasteiger partial charge on any atom is 0.305 e. The number of amides is 1. The molecule has 0 aromatic heterocycles. The Morgan fingerprint density at radius 3 is 2.39 bits per heavy atom. The van der Waals surface area contributed by atoms with E-state index in [1.165, 1.54) is 0 Å². The molecule has 0 aromatic rings. The molecule has 0 saturated heterocycles. The zero-order valence-corrected chi connectivity index (χ0v) is 11.0. The van der Waals surface area contributed by atoms with E-state index >= 15 is 0 Å². The third kappa shape index (κ3) is 7.03. The molecule has 0 spiro atoms. The predicted octanol–water partition coefficient (Wildman–Crippen LogP) is 0.0103. The van der Waals surface area contributed by atoms with Crippen LogP contribution in [-0.2, 0) is 9.59 Å². The highest BCUT2D eigenvalue weighted by Gasteiger charge is 2.21. The Morgan fingerprint density at radius 2 is 1.94 bits per heavy atom. The summed E-state index contributed by atoms with van der Waals surface area (Å²) in [6.45, 7) is 5.48. The second-order valence-corrected chi connectivity index (χ2v) is 4.59. The molecule has 0 aliphatic carbocycles. The lowest BCUT2D eigenvalue weighted by Crippen LogP contribution is -2.49. The molecule has 0 aliphatic heterocycles. The summed E-state index contributed by atoms with van der Waals surface area (Å²) in [6.07, 6.45) is 1.14. The molecule has 104 valence electrons. The largest absolute Gasteiger partial charge is 0.481 e. The molecule has 0 radical (unpaired) electrons. The predicted molar refractivity (Wildman–Crippen MR) is 67.9 cm³/mol. The monoisotopic (exact) mass is 258 g/mol. The quantitative estimate of drug-likeness (QED) is 0.480. The Morgan fingerprint density at radius 1 is 1.39 bits per heavy atom. The number of hydrogen-bond acceptors (Lipinski definition) is 4. The van der Waals surface area contributed by atoms with Crippen molar-refractivity contribution in [2.75, 3.05) is 0 Å². The van der Waals surface area contributed by atoms with E-state index in [0.717, 1.165) is 5.57 Å². The Hall–Kier alpha value is -1.40. The van der Waals surface area contributed by atoms with Crippen molar-refractivity contribution >= 4 is 11.9 Å². The van der Waals surface area contributed by atoms with Crippen LogP contribution in [0, 0.1) is 0 Å². The van der Waals surface area contributed by atoms with Gasteiger partial charge in [0, 0.05) is 0 Å². The van der Waals surface area contributed by atoms with Crippen LogP contribution in [0.15, 0.2) is 11.6 Å². The summed E-state index contributed by atoms with van der Waals surface area (Å²) in [5, 5.41) is 20.8. The second kappa shape index (κ2) is 7.84. The Balaban J connectivity index is 4.21. The van der Waals surface area contributed by atoms with Gasteiger partial charge in [-0.05, 0) is 27.2 Å². The van der Waals surface area contributed by atoms with Gasteiger partial charge in [-0.3, -0.25) is 9.59 Å². The zero-order valence-electron chi connectivity index (χ0n) is 11.0. The fourth-order valence-electron chi connectivity index (χ4n) is 1.27. The molecular formula is C12H22N2O4. The van der Waals surface area contributed by atoms with Gasteiger partial charge in [-0.15, -0.1) is 0 Å². The van der Waals surface area contributed by atoms with Crippen LogP contribution in [0.5, 0.6) is 0 Å². The van der Waals surface area contributed by atoms with Crippen molar-refractivity contribution in [1.82, 2.24) is 5.32 Å². The van der Waals surface area contributed by atoms with Gasteiger partial charge >= 0.3 is 5.97 Å². The van der Waals surface area contributed by atoms with E-state index in [-0.39, 0.29) is 0 Å². The first-order valence-electron chi connectivity index (χ1n) is 5.83. The van der Waals surface area contributed by atoms with Crippen molar-refractivity contribution in [3.63, 3.8) is 0 Å². The van der Waals surface area contributed by atoms with E-state index in [2.05, 4.69) is 5.32 Å². The highest BCUT2D eigenvalue weighted by Crippen LogP contribution is 2.03. The standard InChI is InChI=1S/C12H22N2O4/c1-7(2)4-5-10(15)8(3)14-12(18)9(13)6-11(16)17/h4,8-10,15H,5-6,13H2,1-3H3,(H,14,18)(H,16,17)/t8?,9-,10?/m0/s1. The van der Waals surface area contributed by atoms with Gasteiger partial charge in [-0.25, -0.2) is 0 Å². The highest BCUT2D eigenvalue weighted by atomic mass is 16.4. The molecule has 0 saturated carbocycles. The maximum atomic E-state index is 11.5. The van der Waals surface area contributed by atoms with E-state index in [0.29, 0.717) is 6.42 Å². The van der Waals surface area contributed by atoms with Crippen molar-refractivity contribution in [2.45, 2.75) is 51.8 Å². The molecular weight excluding hydrogens is 236 g/mol. The SMILES string of the molecule is CC(C)=CCC(O)C(C)NC(=O)[C@@H](N)CC(=O)O. The molecule has 3 atom stereocenters. The molecule has 0 fully saturated rings. The van der Waals surface area contributed by atoms with E-state index in [1.54, 1.807) is 6.92 Å². The number of carboxylic acid groups (broad SMARTS) is 1. The number of carbonyl (C=O) groups is 2. The molecule has 0 aliphatic rings. The number of aliphatic hydroxyl groups is 1. The van der Waals surface area contributed by atoms with E-state index in [4.69, 9.17) is 10.8 Å². The van der Waals surface area contributed by atoms with E-state index in [9.17, 15) is 14.7 Å². The maximum absolute atomic E-state index is 11.5. The average Bonchev–Trinajstić information content (AvgIpc) is 2.24. The van der Waals surface area contributed by atoms with Gasteiger partial charge in [0.2, 0.25) is 5.91 Å². The van der Waals surface area contributed by atoms with Crippen molar-refractivity contribution in [3.05, 3.63) is 11.6 Å². The molecule has 5 N–H and O–H groups in total. The van der Waals surface area contributed by atoms with Gasteiger partial charge in [0.05, 0.1) is 24.6 Å². The number of aliphatic carboxylic acids is 1. The Bertz CT molecular complexity index is 324. The van der Waals surface area contributed by atoms with Crippen LogP contribution in [0.1, 0.15) is 33.6 Å². The molecule has 1 amide bonds. The number of nitrogens with two attached hydrogens (primary N) is 1. The third-order valence-corrected chi connectivity index (χ3v) is 2.45. The molecule has 6 nitrogen and oxygen atoms in total. The summed E-state index contributed by atoms with van der Waals surface area (Å²) >= 11 is 0. The molecule has 18 heavy (non-hydrogen) atoms. The number of rotatable bonds is 7. The van der Waals surface area contributed by atoms with Gasteiger partial charge in [0.25, 0.3) is 0 Å². The smallest absolute Gasteiger partial charge is 0.305 e. The number of nitrogens with one attached hydrogen (secondary N) is 1. The first kappa shape index (κ1) is 16.6. The minimum Gasteiger partial charge on any atom is -0.481 e. The molecule has 0 rings (SSSR count). The van der Waals surface area contributed by atoms with Crippen LogP contribution in [0.3, 0.4) is 0 Å². The van der Waals surface area contributed by atoms with Gasteiger partial charge in [-0.1, -0.05) is 11.6 Å². The fourth-order valence-corrected chi connectivity index (χ4v) is 1.27. The minimum atomic E-state index is -1.13. The lowest BCUT2D eigenvalue weighted by molar-refractivity contribution is -0.139. The van der Waals surface area contributed by atoms with Crippen LogP contribution in [-0.4, -0.2) is 40.3 Å². The van der Waals surface area contributed by atoms with Crippen LogP contribution in [0.25, 0.3) is 0 Å². The van der Waals surface area contributed by atoms with Gasteiger partial charge in [0.1, 0.15) is 0 Å². The van der Waals surface area contributed by atoms with Crippen molar-refractivity contribution < 1.29 is 19.8 Å². The van der Waals surface area contributed by atoms with Crippen LogP contribution < -0.4 is 11.1 Å². The average molecular weight is 258 g/mol. The normalized spacial score (nSPS) is 15.4. The minimum absolute atomic E-state index is 0.428. The third-order valence-electron chi connectivity index (χ3n) is 2.45. The van der Waals surface area contributed by atoms with Crippen LogP contribution in [0.4, 0.5) is 0 Å². The van der Waals surface area contributed by atoms with Crippen molar-refractivity contribution in [3.8, 4) is 0 Å². The van der Waals surface area contributed by atoms with Gasteiger partial charge in [-0.2, -0.15) is 0 Å². The molecule has 2 unspecified atom stereocenters. The summed E-state index contributed by atoms with van der Waals surface area (Å²) in [5.74, 6) is -1.70. The van der Waals surface area contributed by atoms with Crippen LogP contribution >= 0.6 is 0 Å². The number of aliphatic hydroxyl groups excluding tert-OH is 1. The topological polar surface area (TPSA) is 113 Å². The molecule has 0 bridgehead atoms. The number of allylic oxidation sites excluding steroid dienone is 1. The first-order chi connectivity index (χ1) is 8.23. The first-order valence-corrected chi connectivity index (χ1v) is 5.83. The van der Waals surface area contributed by atoms with Gasteiger partial charge < -0.3 is 21.3 Å². The number of hydrogen-bond donors (Lipinski definition) is 4. The summed E-state index contributed by atoms with van der Waals surface area (Å²) < 4.78 is 0. The van der Waals surface area contributed by atoms with E-state index in [1.807, 2.05) is 19.9 Å². The van der Waals surface area contributed by atoms with Crippen LogP contribution in [0.2, 0.25) is 0 Å². The fraction of sp³-hybridized carbons (Fsp3) is 0.667. The Labute approximate surface area is 107 Å².